The number of nitrogens with zero attached hydrogens (tertiary/aromatic N) is 2. The summed E-state index contributed by atoms with van der Waals surface area (Å²) in [5.74, 6) is 0. The molecule has 7 nitrogen and oxygen atoms in total. The van der Waals surface area contributed by atoms with Gasteiger partial charge in [0.15, 0.2) is 0 Å². The maximum Gasteiger partial charge on any atom is 0.0651 e. The van der Waals surface area contributed by atoms with Crippen LogP contribution in [0.15, 0.2) is 48.7 Å². The molecule has 148 valence electrons. The molecule has 0 spiro atoms. The average molecular weight is 399 g/mol. The number of fused-ring (bicyclic) bond motifs is 1. The summed E-state index contributed by atoms with van der Waals surface area (Å²) in [5.41, 5.74) is 4.35. The fourth-order valence-electron chi connectivity index (χ4n) is 3.82. The number of hydrogen-bond acceptors (Lipinski definition) is 5. The van der Waals surface area contributed by atoms with Crippen LogP contribution < -0.4 is 10.0 Å². The molecule has 8 heteroatoms. The minimum Gasteiger partial charge on any atom is -0.760 e. The maximum absolute atomic E-state index is 10.7. The van der Waals surface area contributed by atoms with E-state index in [2.05, 4.69) is 55.5 Å². The third-order valence-corrected chi connectivity index (χ3v) is 5.49. The van der Waals surface area contributed by atoms with Gasteiger partial charge in [-0.2, -0.15) is 5.10 Å². The Hall–Kier alpha value is -2.26. The second-order valence-corrected chi connectivity index (χ2v) is 8.02. The molecule has 0 aliphatic carbocycles. The first-order valence-corrected chi connectivity index (χ1v) is 10.6. The highest BCUT2D eigenvalue weighted by atomic mass is 32.2. The van der Waals surface area contributed by atoms with Gasteiger partial charge in [-0.3, -0.25) is 14.2 Å². The molecule has 2 atom stereocenters. The van der Waals surface area contributed by atoms with Crippen molar-refractivity contribution in [1.82, 2.24) is 19.8 Å². The third-order valence-electron chi connectivity index (χ3n) is 5.11. The van der Waals surface area contributed by atoms with Crippen molar-refractivity contribution in [2.45, 2.75) is 32.0 Å². The van der Waals surface area contributed by atoms with Gasteiger partial charge in [-0.15, -0.1) is 0 Å². The van der Waals surface area contributed by atoms with Crippen molar-refractivity contribution in [3.63, 3.8) is 0 Å². The molecule has 2 unspecified atom stereocenters. The molecule has 2 heterocycles. The molecule has 28 heavy (non-hydrogen) atoms. The Morgan fingerprint density at radius 1 is 1.25 bits per heavy atom. The van der Waals surface area contributed by atoms with Gasteiger partial charge in [0.2, 0.25) is 0 Å². The first kappa shape index (κ1) is 19.1. The van der Waals surface area contributed by atoms with E-state index >= 15 is 0 Å². The Morgan fingerprint density at radius 3 is 3.04 bits per heavy atom. The molecular weight excluding hydrogens is 374 g/mol. The van der Waals surface area contributed by atoms with Crippen molar-refractivity contribution >= 4 is 27.9 Å². The molecule has 3 N–H and O–H groups in total. The Kier molecular flexibility index (Phi) is 6.01. The van der Waals surface area contributed by atoms with Crippen LogP contribution in [-0.2, 0) is 24.4 Å². The number of piperidine rings is 1. The van der Waals surface area contributed by atoms with Gasteiger partial charge in [-0.05, 0) is 48.7 Å². The van der Waals surface area contributed by atoms with E-state index in [-0.39, 0.29) is 0 Å². The highest BCUT2D eigenvalue weighted by molar-refractivity contribution is 7.77. The molecule has 4 rings (SSSR count). The van der Waals surface area contributed by atoms with Gasteiger partial charge in [0.05, 0.1) is 11.7 Å². The first-order chi connectivity index (χ1) is 13.7. The molecule has 1 aliphatic rings. The van der Waals surface area contributed by atoms with Gasteiger partial charge in [0.25, 0.3) is 0 Å². The molecule has 1 saturated heterocycles. The molecule has 2 aromatic carbocycles. The van der Waals surface area contributed by atoms with E-state index in [4.69, 9.17) is 0 Å². The van der Waals surface area contributed by atoms with Crippen molar-refractivity contribution in [1.29, 1.82) is 0 Å². The average Bonchev–Trinajstić information content (AvgIpc) is 3.15. The quantitative estimate of drug-likeness (QED) is 0.532. The fraction of sp³-hybridized carbons (Fsp3) is 0.350. The largest absolute Gasteiger partial charge is 0.760 e. The Bertz CT molecular complexity index is 960. The SMILES string of the molecule is O=S([O-])NCc1cccc(CN2CCCC(Nc3ccc4[nH]ncc4c3)C2)c1. The lowest BCUT2D eigenvalue weighted by atomic mass is 10.0. The number of hydrogen-bond donors (Lipinski definition) is 3. The van der Waals surface area contributed by atoms with Crippen LogP contribution >= 0.6 is 0 Å². The van der Waals surface area contributed by atoms with E-state index in [9.17, 15) is 8.76 Å². The zero-order valence-corrected chi connectivity index (χ0v) is 16.4. The highest BCUT2D eigenvalue weighted by Gasteiger charge is 2.20. The highest BCUT2D eigenvalue weighted by Crippen LogP contribution is 2.21. The van der Waals surface area contributed by atoms with E-state index in [1.165, 1.54) is 5.56 Å². The zero-order chi connectivity index (χ0) is 19.3. The minimum atomic E-state index is -2.23. The first-order valence-electron chi connectivity index (χ1n) is 9.48. The summed E-state index contributed by atoms with van der Waals surface area (Å²) in [6.45, 7) is 3.25. The molecule has 3 aromatic rings. The van der Waals surface area contributed by atoms with Crippen LogP contribution in [0.3, 0.4) is 0 Å². The van der Waals surface area contributed by atoms with E-state index in [0.717, 1.165) is 54.6 Å². The van der Waals surface area contributed by atoms with Crippen molar-refractivity contribution in [2.24, 2.45) is 0 Å². The maximum atomic E-state index is 10.7. The summed E-state index contributed by atoms with van der Waals surface area (Å²) < 4.78 is 23.8. The molecule has 0 saturated carbocycles. The Morgan fingerprint density at radius 2 is 2.14 bits per heavy atom. The van der Waals surface area contributed by atoms with Crippen LogP contribution in [0.4, 0.5) is 5.69 Å². The van der Waals surface area contributed by atoms with Crippen LogP contribution in [0.25, 0.3) is 10.9 Å². The van der Waals surface area contributed by atoms with Gasteiger partial charge in [0, 0.05) is 48.0 Å². The minimum absolute atomic E-state index is 0.324. The molecular formula is C20H24N5O2S-. The van der Waals surface area contributed by atoms with E-state index in [0.29, 0.717) is 12.6 Å². The number of aromatic amines is 1. The van der Waals surface area contributed by atoms with Crippen LogP contribution in [0.5, 0.6) is 0 Å². The van der Waals surface area contributed by atoms with Crippen molar-refractivity contribution in [2.75, 3.05) is 18.4 Å². The second kappa shape index (κ2) is 8.83. The molecule has 0 bridgehead atoms. The summed E-state index contributed by atoms with van der Waals surface area (Å²) in [6, 6.07) is 14.8. The zero-order valence-electron chi connectivity index (χ0n) is 15.6. The van der Waals surface area contributed by atoms with Gasteiger partial charge in [0.1, 0.15) is 0 Å². The summed E-state index contributed by atoms with van der Waals surface area (Å²) in [6.07, 6.45) is 4.15. The summed E-state index contributed by atoms with van der Waals surface area (Å²) in [7, 11) is 0. The van der Waals surface area contributed by atoms with Crippen molar-refractivity contribution in [3.05, 3.63) is 59.8 Å². The Labute approximate surface area is 166 Å². The molecule has 0 amide bonds. The third kappa shape index (κ3) is 4.96. The normalized spacial score (nSPS) is 19.0. The number of H-pyrrole nitrogens is 1. The number of nitrogens with one attached hydrogen (secondary N) is 3. The fourth-order valence-corrected chi connectivity index (χ4v) is 4.11. The van der Waals surface area contributed by atoms with Gasteiger partial charge >= 0.3 is 0 Å². The predicted molar refractivity (Wildman–Crippen MR) is 110 cm³/mol. The molecule has 1 fully saturated rings. The van der Waals surface area contributed by atoms with Gasteiger partial charge < -0.3 is 9.87 Å². The Balaban J connectivity index is 1.35. The van der Waals surface area contributed by atoms with Crippen LogP contribution in [0.2, 0.25) is 0 Å². The lowest BCUT2D eigenvalue weighted by Gasteiger charge is -2.33. The number of benzene rings is 2. The molecule has 1 aliphatic heterocycles. The van der Waals surface area contributed by atoms with Crippen LogP contribution in [-0.4, -0.2) is 43.0 Å². The summed E-state index contributed by atoms with van der Waals surface area (Å²) in [5, 5.41) is 11.8. The summed E-state index contributed by atoms with van der Waals surface area (Å²) in [4.78, 5) is 2.45. The predicted octanol–water partition coefficient (Wildman–Crippen LogP) is 2.52. The topological polar surface area (TPSA) is 96.1 Å². The van der Waals surface area contributed by atoms with Crippen LogP contribution in [0, 0.1) is 0 Å². The lowest BCUT2D eigenvalue weighted by Crippen LogP contribution is -2.41. The van der Waals surface area contributed by atoms with Gasteiger partial charge in [-0.1, -0.05) is 24.3 Å². The second-order valence-electron chi connectivity index (χ2n) is 7.27. The van der Waals surface area contributed by atoms with E-state index < -0.39 is 11.3 Å². The van der Waals surface area contributed by atoms with Crippen molar-refractivity contribution in [3.8, 4) is 0 Å². The van der Waals surface area contributed by atoms with E-state index in [1.807, 2.05) is 18.3 Å². The number of anilines is 1. The number of aromatic nitrogens is 2. The lowest BCUT2D eigenvalue weighted by molar-refractivity contribution is 0.208. The molecule has 0 radical (unpaired) electrons. The smallest absolute Gasteiger partial charge is 0.0651 e. The van der Waals surface area contributed by atoms with Gasteiger partial charge in [-0.25, -0.2) is 4.72 Å². The summed E-state index contributed by atoms with van der Waals surface area (Å²) >= 11 is -2.23. The number of likely N-dealkylation sites (tertiary alicyclic amines) is 1. The monoisotopic (exact) mass is 398 g/mol. The molecule has 1 aromatic heterocycles. The standard InChI is InChI=1S/C20H25N5O2S/c26-28(27)22-11-15-3-1-4-16(9-15)13-25-8-2-5-19(14-25)23-18-6-7-20-17(10-18)12-21-24-20/h1,3-4,6-7,9-10,12,19,22-23H,2,5,8,11,13-14H2,(H,21,24)(H,26,27)/p-1. The van der Waals surface area contributed by atoms with E-state index in [1.54, 1.807) is 0 Å². The van der Waals surface area contributed by atoms with Crippen molar-refractivity contribution < 1.29 is 8.76 Å². The van der Waals surface area contributed by atoms with Crippen LogP contribution in [0.1, 0.15) is 24.0 Å². The number of rotatable bonds is 7.